The van der Waals surface area contributed by atoms with Gasteiger partial charge in [-0.1, -0.05) is 17.7 Å². The van der Waals surface area contributed by atoms with E-state index in [1.165, 1.54) is 6.07 Å². The van der Waals surface area contributed by atoms with Crippen LogP contribution in [0, 0.1) is 17.7 Å². The molecule has 1 N–H and O–H groups in total. The van der Waals surface area contributed by atoms with Crippen LogP contribution in [-0.2, 0) is 4.79 Å². The molecule has 1 aliphatic rings. The molecule has 1 saturated carbocycles. The van der Waals surface area contributed by atoms with E-state index in [2.05, 4.69) is 0 Å². The van der Waals surface area contributed by atoms with Crippen LogP contribution in [0.25, 0.3) is 11.1 Å². The van der Waals surface area contributed by atoms with E-state index in [4.69, 9.17) is 26.2 Å². The van der Waals surface area contributed by atoms with Gasteiger partial charge in [-0.05, 0) is 56.2 Å². The van der Waals surface area contributed by atoms with Crippen LogP contribution in [0.4, 0.5) is 4.39 Å². The van der Waals surface area contributed by atoms with E-state index in [9.17, 15) is 9.18 Å². The fraction of sp³-hybridized carbons (Fsp3) is 0.350. The first-order valence-corrected chi connectivity index (χ1v) is 8.84. The Bertz CT molecular complexity index is 821. The van der Waals surface area contributed by atoms with E-state index >= 15 is 0 Å². The Hall–Kier alpha value is -2.27. The van der Waals surface area contributed by atoms with Crippen molar-refractivity contribution in [1.82, 2.24) is 0 Å². The number of rotatable bonds is 7. The van der Waals surface area contributed by atoms with E-state index in [0.717, 1.165) is 0 Å². The van der Waals surface area contributed by atoms with Gasteiger partial charge in [0.15, 0.2) is 0 Å². The number of aliphatic carboxylic acids is 1. The monoisotopic (exact) mass is 378 g/mol. The molecule has 0 saturated heterocycles. The number of carboxylic acids is 1. The summed E-state index contributed by atoms with van der Waals surface area (Å²) in [5.74, 6) is -0.425. The fourth-order valence-corrected chi connectivity index (χ4v) is 3.02. The number of benzene rings is 2. The molecule has 1 aliphatic carbocycles. The molecule has 6 heteroatoms. The molecular weight excluding hydrogens is 359 g/mol. The molecular formula is C20H20ClFO4. The third kappa shape index (κ3) is 4.28. The van der Waals surface area contributed by atoms with Crippen molar-refractivity contribution in [3.63, 3.8) is 0 Å². The van der Waals surface area contributed by atoms with Crippen molar-refractivity contribution in [3.8, 4) is 22.6 Å². The largest absolute Gasteiger partial charge is 0.492 e. The molecule has 4 nitrogen and oxygen atoms in total. The van der Waals surface area contributed by atoms with Crippen LogP contribution in [0.3, 0.4) is 0 Å². The van der Waals surface area contributed by atoms with E-state index < -0.39 is 5.97 Å². The highest BCUT2D eigenvalue weighted by Crippen LogP contribution is 2.40. The molecule has 2 aromatic carbocycles. The lowest BCUT2D eigenvalue weighted by molar-refractivity contribution is -0.138. The van der Waals surface area contributed by atoms with Crippen molar-refractivity contribution in [2.24, 2.45) is 11.8 Å². The molecule has 1 fully saturated rings. The van der Waals surface area contributed by atoms with Crippen LogP contribution in [0.5, 0.6) is 11.5 Å². The van der Waals surface area contributed by atoms with Crippen molar-refractivity contribution in [2.45, 2.75) is 26.4 Å². The number of carboxylic acid groups (broad SMARTS) is 1. The van der Waals surface area contributed by atoms with Gasteiger partial charge in [0.1, 0.15) is 17.3 Å². The summed E-state index contributed by atoms with van der Waals surface area (Å²) < 4.78 is 25.5. The summed E-state index contributed by atoms with van der Waals surface area (Å²) in [5, 5.41) is 9.26. The number of halogens is 2. The SMILES string of the molecule is CC(C)Oc1ccc(F)c(-c2ccc(OCC3CC3C(=O)O)c(Cl)c2)c1. The van der Waals surface area contributed by atoms with E-state index in [1.807, 2.05) is 13.8 Å². The zero-order chi connectivity index (χ0) is 18.8. The van der Waals surface area contributed by atoms with Gasteiger partial charge in [0.2, 0.25) is 0 Å². The quantitative estimate of drug-likeness (QED) is 0.733. The van der Waals surface area contributed by atoms with Gasteiger partial charge in [-0.2, -0.15) is 0 Å². The summed E-state index contributed by atoms with van der Waals surface area (Å²) in [6.07, 6.45) is 0.614. The summed E-state index contributed by atoms with van der Waals surface area (Å²) in [5.41, 5.74) is 1.01. The summed E-state index contributed by atoms with van der Waals surface area (Å²) in [7, 11) is 0. The van der Waals surface area contributed by atoms with Crippen LogP contribution < -0.4 is 9.47 Å². The van der Waals surface area contributed by atoms with Gasteiger partial charge in [0.05, 0.1) is 23.7 Å². The van der Waals surface area contributed by atoms with Gasteiger partial charge in [-0.15, -0.1) is 0 Å². The Morgan fingerprint density at radius 1 is 1.31 bits per heavy atom. The second kappa shape index (κ2) is 7.54. The molecule has 138 valence electrons. The molecule has 0 radical (unpaired) electrons. The molecule has 0 amide bonds. The summed E-state index contributed by atoms with van der Waals surface area (Å²) >= 11 is 6.26. The third-order valence-electron chi connectivity index (χ3n) is 4.25. The third-order valence-corrected chi connectivity index (χ3v) is 4.54. The van der Waals surface area contributed by atoms with E-state index in [1.54, 1.807) is 30.3 Å². The second-order valence-corrected chi connectivity index (χ2v) is 7.11. The van der Waals surface area contributed by atoms with Crippen LogP contribution in [-0.4, -0.2) is 23.8 Å². The maximum Gasteiger partial charge on any atom is 0.306 e. The van der Waals surface area contributed by atoms with Gasteiger partial charge in [-0.3, -0.25) is 4.79 Å². The molecule has 2 atom stereocenters. The van der Waals surface area contributed by atoms with Crippen molar-refractivity contribution in [3.05, 3.63) is 47.2 Å². The standard InChI is InChI=1S/C20H20ClFO4/c1-11(2)26-14-4-5-18(22)15(9-14)12-3-6-19(17(21)8-12)25-10-13-7-16(13)20(23)24/h3-6,8-9,11,13,16H,7,10H2,1-2H3,(H,23,24). The van der Waals surface area contributed by atoms with Crippen molar-refractivity contribution < 1.29 is 23.8 Å². The number of hydrogen-bond donors (Lipinski definition) is 1. The minimum absolute atomic E-state index is 0.00951. The first kappa shape index (κ1) is 18.5. The van der Waals surface area contributed by atoms with Crippen molar-refractivity contribution >= 4 is 17.6 Å². The van der Waals surface area contributed by atoms with Crippen molar-refractivity contribution in [2.75, 3.05) is 6.61 Å². The summed E-state index contributed by atoms with van der Waals surface area (Å²) in [6, 6.07) is 9.63. The van der Waals surface area contributed by atoms with Gasteiger partial charge >= 0.3 is 5.97 Å². The normalized spacial score (nSPS) is 18.7. The predicted octanol–water partition coefficient (Wildman–Crippen LogP) is 5.03. The molecule has 0 spiro atoms. The predicted molar refractivity (Wildman–Crippen MR) is 97.3 cm³/mol. The minimum Gasteiger partial charge on any atom is -0.492 e. The zero-order valence-electron chi connectivity index (χ0n) is 14.5. The molecule has 0 heterocycles. The van der Waals surface area contributed by atoms with Gasteiger partial charge < -0.3 is 14.6 Å². The molecule has 2 aromatic rings. The Morgan fingerprint density at radius 3 is 2.69 bits per heavy atom. The Labute approximate surface area is 156 Å². The fourth-order valence-electron chi connectivity index (χ4n) is 2.79. The minimum atomic E-state index is -0.793. The lowest BCUT2D eigenvalue weighted by atomic mass is 10.0. The van der Waals surface area contributed by atoms with Crippen LogP contribution in [0.15, 0.2) is 36.4 Å². The highest BCUT2D eigenvalue weighted by Gasteiger charge is 2.43. The average Bonchev–Trinajstić information content (AvgIpc) is 3.35. The second-order valence-electron chi connectivity index (χ2n) is 6.70. The maximum atomic E-state index is 14.2. The highest BCUT2D eigenvalue weighted by molar-refractivity contribution is 6.32. The average molecular weight is 379 g/mol. The topological polar surface area (TPSA) is 55.8 Å². The number of carbonyl (C=O) groups is 1. The molecule has 26 heavy (non-hydrogen) atoms. The van der Waals surface area contributed by atoms with Crippen LogP contribution >= 0.6 is 11.6 Å². The smallest absolute Gasteiger partial charge is 0.306 e. The Morgan fingerprint density at radius 2 is 2.08 bits per heavy atom. The maximum absolute atomic E-state index is 14.2. The van der Waals surface area contributed by atoms with E-state index in [0.29, 0.717) is 40.7 Å². The molecule has 0 aromatic heterocycles. The van der Waals surface area contributed by atoms with Crippen molar-refractivity contribution in [1.29, 1.82) is 0 Å². The summed E-state index contributed by atoms with van der Waals surface area (Å²) in [4.78, 5) is 10.9. The lowest BCUT2D eigenvalue weighted by Crippen LogP contribution is -2.06. The molecule has 0 bridgehead atoms. The summed E-state index contributed by atoms with van der Waals surface area (Å²) in [6.45, 7) is 4.11. The highest BCUT2D eigenvalue weighted by atomic mass is 35.5. The first-order valence-electron chi connectivity index (χ1n) is 8.47. The van der Waals surface area contributed by atoms with Crippen LogP contribution in [0.1, 0.15) is 20.3 Å². The first-order chi connectivity index (χ1) is 12.3. The van der Waals surface area contributed by atoms with Gasteiger partial charge in [0, 0.05) is 11.5 Å². The molecule has 3 rings (SSSR count). The zero-order valence-corrected chi connectivity index (χ0v) is 15.3. The Kier molecular flexibility index (Phi) is 5.37. The Balaban J connectivity index is 1.74. The molecule has 0 aliphatic heterocycles. The number of hydrogen-bond acceptors (Lipinski definition) is 3. The lowest BCUT2D eigenvalue weighted by Gasteiger charge is -2.13. The molecule has 2 unspecified atom stereocenters. The van der Waals surface area contributed by atoms with E-state index in [-0.39, 0.29) is 23.8 Å². The van der Waals surface area contributed by atoms with Gasteiger partial charge in [-0.25, -0.2) is 4.39 Å². The number of ether oxygens (including phenoxy) is 2. The van der Waals surface area contributed by atoms with Gasteiger partial charge in [0.25, 0.3) is 0 Å². The van der Waals surface area contributed by atoms with Crippen LogP contribution in [0.2, 0.25) is 5.02 Å².